The summed E-state index contributed by atoms with van der Waals surface area (Å²) in [6, 6.07) is 15.3. The van der Waals surface area contributed by atoms with Gasteiger partial charge in [-0.15, -0.1) is 18.3 Å². The summed E-state index contributed by atoms with van der Waals surface area (Å²) in [6.07, 6.45) is 4.83. The molecule has 2 bridgehead atoms. The normalized spacial score (nSPS) is 28.0. The zero-order valence-electron chi connectivity index (χ0n) is 28.1. The number of carbonyl (C=O) groups excluding carboxylic acids is 3. The average molecular weight is 655 g/mol. The Balaban J connectivity index is 1.46. The molecule has 4 heterocycles. The van der Waals surface area contributed by atoms with E-state index in [4.69, 9.17) is 4.74 Å². The van der Waals surface area contributed by atoms with Crippen LogP contribution in [0.1, 0.15) is 39.2 Å². The molecule has 3 saturated heterocycles. The summed E-state index contributed by atoms with van der Waals surface area (Å²) < 4.78 is 8.67. The molecule has 1 spiro atoms. The largest absolute Gasteiger partial charge is 0.394 e. The van der Waals surface area contributed by atoms with E-state index in [2.05, 4.69) is 23.5 Å². The molecular formula is C37H46N6O5. The van der Waals surface area contributed by atoms with Gasteiger partial charge in [-0.2, -0.15) is 0 Å². The lowest BCUT2D eigenvalue weighted by Crippen LogP contribution is -2.59. The van der Waals surface area contributed by atoms with Crippen LogP contribution in [0.15, 0.2) is 79.9 Å². The minimum atomic E-state index is -1.28. The van der Waals surface area contributed by atoms with Crippen molar-refractivity contribution < 1.29 is 24.2 Å². The van der Waals surface area contributed by atoms with E-state index < -0.39 is 35.1 Å². The van der Waals surface area contributed by atoms with Gasteiger partial charge in [0.1, 0.15) is 23.8 Å². The first-order chi connectivity index (χ1) is 23.1. The molecule has 6 rings (SSSR count). The number of carbonyl (C=O) groups is 3. The number of nitrogens with zero attached hydrogens (tertiary/aromatic N) is 6. The fraction of sp³-hybridized carbons (Fsp3) is 0.486. The van der Waals surface area contributed by atoms with Gasteiger partial charge in [-0.25, -0.2) is 4.68 Å². The van der Waals surface area contributed by atoms with Gasteiger partial charge in [-0.3, -0.25) is 14.4 Å². The number of aliphatic hydroxyl groups is 1. The van der Waals surface area contributed by atoms with Crippen LogP contribution in [0.2, 0.25) is 0 Å². The molecule has 11 heteroatoms. The maximum atomic E-state index is 15.1. The fourth-order valence-corrected chi connectivity index (χ4v) is 8.51. The number of amides is 3. The number of aromatic nitrogens is 3. The topological polar surface area (TPSA) is 121 Å². The smallest absolute Gasteiger partial charge is 0.250 e. The molecule has 0 radical (unpaired) electrons. The summed E-state index contributed by atoms with van der Waals surface area (Å²) in [4.78, 5) is 49.5. The lowest BCUT2D eigenvalue weighted by molar-refractivity contribution is -0.158. The third-order valence-corrected chi connectivity index (χ3v) is 10.7. The average Bonchev–Trinajstić information content (AvgIpc) is 3.76. The third-order valence-electron chi connectivity index (χ3n) is 10.7. The molecule has 11 nitrogen and oxygen atoms in total. The van der Waals surface area contributed by atoms with E-state index in [9.17, 15) is 14.7 Å². The number of likely N-dealkylation sites (tertiary alicyclic amines) is 1. The first kappa shape index (κ1) is 33.5. The standard InChI is InChI=1S/C37H46N6O5/c1-6-18-40(19-7-2)33(45)30-31-34(46)43(27(23-44)21-26-14-10-9-11-15-26)32(37(31)22-25(4)36(30,5)48-37)35(47)41(20-8-3)24-42-29-17-13-12-16-28(29)38-39-42/h6,8-17,25,27,30-32,44H,1,3,7,18-24H2,2,4-5H3/t25?,27-,30+,31+,32?,36-,37?/m1/s1. The van der Waals surface area contributed by atoms with E-state index in [0.29, 0.717) is 31.4 Å². The third kappa shape index (κ3) is 5.33. The second kappa shape index (κ2) is 13.3. The molecule has 1 N–H and O–H groups in total. The van der Waals surface area contributed by atoms with Crippen molar-refractivity contribution in [1.29, 1.82) is 0 Å². The summed E-state index contributed by atoms with van der Waals surface area (Å²) in [7, 11) is 0. The van der Waals surface area contributed by atoms with Crippen LogP contribution in [0.3, 0.4) is 0 Å². The Morgan fingerprint density at radius 3 is 2.46 bits per heavy atom. The molecule has 3 aromatic rings. The molecule has 3 amide bonds. The van der Waals surface area contributed by atoms with Crippen LogP contribution in [-0.2, 0) is 32.2 Å². The predicted octanol–water partition coefficient (Wildman–Crippen LogP) is 3.44. The van der Waals surface area contributed by atoms with Gasteiger partial charge >= 0.3 is 0 Å². The number of para-hydroxylation sites is 1. The van der Waals surface area contributed by atoms with Crippen molar-refractivity contribution in [3.63, 3.8) is 0 Å². The number of rotatable bonds is 14. The number of ether oxygens (including phenoxy) is 1. The highest BCUT2D eigenvalue weighted by Crippen LogP contribution is 2.66. The number of benzene rings is 2. The zero-order valence-corrected chi connectivity index (χ0v) is 28.1. The van der Waals surface area contributed by atoms with Gasteiger partial charge in [0, 0.05) is 19.6 Å². The van der Waals surface area contributed by atoms with Crippen LogP contribution in [0.25, 0.3) is 11.0 Å². The number of hydrogen-bond donors (Lipinski definition) is 1. The Morgan fingerprint density at radius 1 is 1.08 bits per heavy atom. The van der Waals surface area contributed by atoms with E-state index in [0.717, 1.165) is 17.5 Å². The van der Waals surface area contributed by atoms with Crippen molar-refractivity contribution in [1.82, 2.24) is 29.7 Å². The molecule has 7 atom stereocenters. The van der Waals surface area contributed by atoms with Crippen LogP contribution in [0.4, 0.5) is 0 Å². The summed E-state index contributed by atoms with van der Waals surface area (Å²) >= 11 is 0. The van der Waals surface area contributed by atoms with E-state index in [1.54, 1.807) is 31.5 Å². The Hall–Kier alpha value is -4.35. The molecule has 254 valence electrons. The first-order valence-electron chi connectivity index (χ1n) is 16.9. The SMILES string of the molecule is C=CCN(Cn1nnc2ccccc21)C(=O)C1N([C@@H](CO)Cc2ccccc2)C(=O)[C@@H]2[C@@H](C(=O)N(CC=C)CCC)[C@]3(C)OC12CC3C. The Morgan fingerprint density at radius 2 is 1.77 bits per heavy atom. The van der Waals surface area contributed by atoms with E-state index >= 15 is 4.79 Å². The van der Waals surface area contributed by atoms with Crippen molar-refractivity contribution in [2.45, 2.75) is 70.0 Å². The van der Waals surface area contributed by atoms with Gasteiger partial charge in [-0.05, 0) is 49.8 Å². The van der Waals surface area contributed by atoms with Crippen LogP contribution >= 0.6 is 0 Å². The molecular weight excluding hydrogens is 608 g/mol. The predicted molar refractivity (Wildman–Crippen MR) is 181 cm³/mol. The highest BCUT2D eigenvalue weighted by molar-refractivity contribution is 5.99. The second-order valence-electron chi connectivity index (χ2n) is 13.6. The fourth-order valence-electron chi connectivity index (χ4n) is 8.51. The number of hydrogen-bond acceptors (Lipinski definition) is 7. The van der Waals surface area contributed by atoms with Crippen molar-refractivity contribution in [2.75, 3.05) is 26.2 Å². The first-order valence-corrected chi connectivity index (χ1v) is 16.9. The van der Waals surface area contributed by atoms with Gasteiger partial charge in [-0.1, -0.05) is 73.7 Å². The van der Waals surface area contributed by atoms with Crippen molar-refractivity contribution in [3.05, 3.63) is 85.5 Å². The van der Waals surface area contributed by atoms with Crippen LogP contribution in [-0.4, -0.2) is 102 Å². The molecule has 1 aromatic heterocycles. The minimum absolute atomic E-state index is 0.0614. The van der Waals surface area contributed by atoms with Gasteiger partial charge < -0.3 is 24.5 Å². The van der Waals surface area contributed by atoms with Gasteiger partial charge in [0.15, 0.2) is 0 Å². The highest BCUT2D eigenvalue weighted by Gasteiger charge is 2.80. The van der Waals surface area contributed by atoms with Crippen LogP contribution in [0, 0.1) is 17.8 Å². The quantitative estimate of drug-likeness (QED) is 0.265. The molecule has 2 aromatic carbocycles. The van der Waals surface area contributed by atoms with Crippen molar-refractivity contribution in [2.24, 2.45) is 17.8 Å². The monoisotopic (exact) mass is 654 g/mol. The maximum absolute atomic E-state index is 15.1. The van der Waals surface area contributed by atoms with E-state index in [1.165, 1.54) is 0 Å². The molecule has 3 fully saturated rings. The van der Waals surface area contributed by atoms with Crippen molar-refractivity contribution in [3.8, 4) is 0 Å². The van der Waals surface area contributed by atoms with Gasteiger partial charge in [0.05, 0.1) is 35.6 Å². The molecule has 0 saturated carbocycles. The van der Waals surface area contributed by atoms with Crippen molar-refractivity contribution >= 4 is 28.8 Å². The number of fused-ring (bicyclic) bond motifs is 2. The van der Waals surface area contributed by atoms with Crippen LogP contribution in [0.5, 0.6) is 0 Å². The Kier molecular flexibility index (Phi) is 9.28. The van der Waals surface area contributed by atoms with Crippen LogP contribution < -0.4 is 0 Å². The second-order valence-corrected chi connectivity index (χ2v) is 13.6. The molecule has 3 aliphatic heterocycles. The number of aliphatic hydroxyl groups excluding tert-OH is 1. The summed E-state index contributed by atoms with van der Waals surface area (Å²) in [6.45, 7) is 14.5. The maximum Gasteiger partial charge on any atom is 0.250 e. The summed E-state index contributed by atoms with van der Waals surface area (Å²) in [5.74, 6) is -2.67. The lowest BCUT2D eigenvalue weighted by atomic mass is 9.62. The molecule has 3 aliphatic rings. The molecule has 0 aliphatic carbocycles. The summed E-state index contributed by atoms with van der Waals surface area (Å²) in [5, 5.41) is 19.5. The Bertz CT molecular complexity index is 1690. The van der Waals surface area contributed by atoms with E-state index in [1.807, 2.05) is 75.4 Å². The summed E-state index contributed by atoms with van der Waals surface area (Å²) in [5.41, 5.74) is 0.132. The molecule has 3 unspecified atom stereocenters. The molecule has 48 heavy (non-hydrogen) atoms. The van der Waals surface area contributed by atoms with E-state index in [-0.39, 0.29) is 43.5 Å². The van der Waals surface area contributed by atoms with Gasteiger partial charge in [0.25, 0.3) is 0 Å². The lowest BCUT2D eigenvalue weighted by Gasteiger charge is -2.39. The van der Waals surface area contributed by atoms with Gasteiger partial charge in [0.2, 0.25) is 17.7 Å². The zero-order chi connectivity index (χ0) is 34.2. The Labute approximate surface area is 281 Å². The minimum Gasteiger partial charge on any atom is -0.394 e. The highest BCUT2D eigenvalue weighted by atomic mass is 16.5.